The summed E-state index contributed by atoms with van der Waals surface area (Å²) in [5.41, 5.74) is 0. The number of carbonyl (C=O) groups excluding carboxylic acids is 2. The van der Waals surface area contributed by atoms with Crippen LogP contribution in [0.5, 0.6) is 0 Å². The minimum Gasteiger partial charge on any atom is -0.452 e. The molecule has 1 unspecified atom stereocenters. The van der Waals surface area contributed by atoms with Crippen LogP contribution in [0.3, 0.4) is 0 Å². The first-order valence-electron chi connectivity index (χ1n) is 9.33. The number of rotatable bonds is 8. The van der Waals surface area contributed by atoms with Gasteiger partial charge in [-0.15, -0.1) is 22.7 Å². The van der Waals surface area contributed by atoms with Crippen LogP contribution in [-0.2, 0) is 24.3 Å². The van der Waals surface area contributed by atoms with E-state index >= 15 is 0 Å². The SMILES string of the molecule is CC(OC(=O)CNS(=O)(=O)c1cccs1)C(=O)N(c1nccs1)C1CCCCC1. The van der Waals surface area contributed by atoms with Crippen molar-refractivity contribution < 1.29 is 22.7 Å². The number of thiophene rings is 1. The first-order chi connectivity index (χ1) is 13.9. The van der Waals surface area contributed by atoms with Crippen LogP contribution in [0.4, 0.5) is 5.13 Å². The maximum absolute atomic E-state index is 13.0. The number of sulfonamides is 1. The number of ether oxygens (including phenoxy) is 1. The Morgan fingerprint density at radius 3 is 2.66 bits per heavy atom. The molecule has 1 aliphatic carbocycles. The fourth-order valence-electron chi connectivity index (χ4n) is 3.23. The Balaban J connectivity index is 1.61. The molecule has 1 atom stereocenters. The molecular weight excluding hydrogens is 434 g/mol. The van der Waals surface area contributed by atoms with E-state index in [0.717, 1.165) is 43.4 Å². The third-order valence-corrected chi connectivity index (χ3v) is 8.19. The predicted octanol–water partition coefficient (Wildman–Crippen LogP) is 2.78. The molecule has 1 saturated carbocycles. The highest BCUT2D eigenvalue weighted by Gasteiger charge is 2.33. The Morgan fingerprint density at radius 2 is 2.03 bits per heavy atom. The van der Waals surface area contributed by atoms with Crippen molar-refractivity contribution in [2.45, 2.75) is 55.4 Å². The molecule has 11 heteroatoms. The summed E-state index contributed by atoms with van der Waals surface area (Å²) >= 11 is 2.41. The summed E-state index contributed by atoms with van der Waals surface area (Å²) in [5, 5.41) is 4.02. The molecule has 1 fully saturated rings. The van der Waals surface area contributed by atoms with Crippen molar-refractivity contribution >= 4 is 49.7 Å². The quantitative estimate of drug-likeness (QED) is 0.611. The van der Waals surface area contributed by atoms with E-state index in [9.17, 15) is 18.0 Å². The normalized spacial score (nSPS) is 16.3. The second kappa shape index (κ2) is 9.79. The summed E-state index contributed by atoms with van der Waals surface area (Å²) in [6, 6.07) is 3.08. The standard InChI is InChI=1S/C18H23N3O5S3/c1-13(26-15(22)12-20-29(24,25)16-8-5-10-27-16)17(23)21(18-19-9-11-28-18)14-6-3-2-4-7-14/h5,8-11,13-14,20H,2-4,6-7,12H2,1H3. The number of nitrogens with zero attached hydrogens (tertiary/aromatic N) is 2. The number of anilines is 1. The third kappa shape index (κ3) is 5.62. The second-order valence-corrected chi connectivity index (χ2v) is 10.5. The number of aromatic nitrogens is 1. The average molecular weight is 458 g/mol. The minimum atomic E-state index is -3.77. The van der Waals surface area contributed by atoms with Crippen molar-refractivity contribution in [2.75, 3.05) is 11.4 Å². The van der Waals surface area contributed by atoms with E-state index in [-0.39, 0.29) is 16.2 Å². The number of carbonyl (C=O) groups is 2. The molecule has 8 nitrogen and oxygen atoms in total. The zero-order chi connectivity index (χ0) is 20.9. The number of nitrogens with one attached hydrogen (secondary N) is 1. The molecule has 1 amide bonds. The van der Waals surface area contributed by atoms with E-state index in [1.165, 1.54) is 24.3 Å². The summed E-state index contributed by atoms with van der Waals surface area (Å²) < 4.78 is 31.7. The molecule has 2 aromatic rings. The van der Waals surface area contributed by atoms with Gasteiger partial charge in [0, 0.05) is 17.6 Å². The first kappa shape index (κ1) is 21.9. The Kier molecular flexibility index (Phi) is 7.38. The lowest BCUT2D eigenvalue weighted by Crippen LogP contribution is -2.47. The topological polar surface area (TPSA) is 106 Å². The largest absolute Gasteiger partial charge is 0.452 e. The van der Waals surface area contributed by atoms with Gasteiger partial charge in [-0.1, -0.05) is 25.3 Å². The molecule has 29 heavy (non-hydrogen) atoms. The van der Waals surface area contributed by atoms with E-state index in [1.54, 1.807) is 27.9 Å². The molecule has 0 saturated heterocycles. The van der Waals surface area contributed by atoms with E-state index in [1.807, 2.05) is 0 Å². The Hall–Kier alpha value is -1.82. The molecule has 0 spiro atoms. The van der Waals surface area contributed by atoms with Crippen LogP contribution in [0.1, 0.15) is 39.0 Å². The van der Waals surface area contributed by atoms with Gasteiger partial charge in [-0.2, -0.15) is 4.72 Å². The highest BCUT2D eigenvalue weighted by Crippen LogP contribution is 2.29. The van der Waals surface area contributed by atoms with E-state index in [2.05, 4.69) is 9.71 Å². The van der Waals surface area contributed by atoms with Crippen molar-refractivity contribution in [3.8, 4) is 0 Å². The van der Waals surface area contributed by atoms with Crippen LogP contribution < -0.4 is 9.62 Å². The zero-order valence-corrected chi connectivity index (χ0v) is 18.4. The lowest BCUT2D eigenvalue weighted by atomic mass is 9.94. The number of thiazole rings is 1. The smallest absolute Gasteiger partial charge is 0.321 e. The molecule has 1 N–H and O–H groups in total. The van der Waals surface area contributed by atoms with Crippen molar-refractivity contribution in [2.24, 2.45) is 0 Å². The molecule has 2 heterocycles. The summed E-state index contributed by atoms with van der Waals surface area (Å²) in [6.07, 6.45) is 5.58. The van der Waals surface area contributed by atoms with Gasteiger partial charge in [-0.3, -0.25) is 14.5 Å². The fraction of sp³-hybridized carbons (Fsp3) is 0.500. The highest BCUT2D eigenvalue weighted by molar-refractivity contribution is 7.91. The summed E-state index contributed by atoms with van der Waals surface area (Å²) in [6.45, 7) is 0.954. The lowest BCUT2D eigenvalue weighted by Gasteiger charge is -2.33. The van der Waals surface area contributed by atoms with E-state index < -0.39 is 28.6 Å². The molecular formula is C18H23N3O5S3. The fourth-order valence-corrected chi connectivity index (χ4v) is 5.96. The van der Waals surface area contributed by atoms with Crippen LogP contribution in [0.2, 0.25) is 0 Å². The Morgan fingerprint density at radius 1 is 1.28 bits per heavy atom. The second-order valence-electron chi connectivity index (χ2n) is 6.70. The van der Waals surface area contributed by atoms with Gasteiger partial charge in [0.15, 0.2) is 11.2 Å². The van der Waals surface area contributed by atoms with Gasteiger partial charge in [0.05, 0.1) is 0 Å². The van der Waals surface area contributed by atoms with Gasteiger partial charge in [0.2, 0.25) is 0 Å². The molecule has 3 rings (SSSR count). The van der Waals surface area contributed by atoms with Crippen molar-refractivity contribution in [3.63, 3.8) is 0 Å². The molecule has 0 aliphatic heterocycles. The maximum Gasteiger partial charge on any atom is 0.321 e. The van der Waals surface area contributed by atoms with Crippen molar-refractivity contribution in [3.05, 3.63) is 29.1 Å². The summed E-state index contributed by atoms with van der Waals surface area (Å²) in [7, 11) is -3.77. The zero-order valence-electron chi connectivity index (χ0n) is 15.9. The van der Waals surface area contributed by atoms with Crippen LogP contribution >= 0.6 is 22.7 Å². The van der Waals surface area contributed by atoms with Crippen molar-refractivity contribution in [1.29, 1.82) is 0 Å². The van der Waals surface area contributed by atoms with Crippen LogP contribution in [0, 0.1) is 0 Å². The number of amides is 1. The first-order valence-corrected chi connectivity index (χ1v) is 12.6. The van der Waals surface area contributed by atoms with Crippen LogP contribution in [0.15, 0.2) is 33.3 Å². The molecule has 0 radical (unpaired) electrons. The van der Waals surface area contributed by atoms with Gasteiger partial charge < -0.3 is 4.74 Å². The summed E-state index contributed by atoms with van der Waals surface area (Å²) in [5.74, 6) is -1.16. The molecule has 0 bridgehead atoms. The third-order valence-electron chi connectivity index (χ3n) is 4.63. The van der Waals surface area contributed by atoms with Crippen LogP contribution in [-0.4, -0.2) is 44.0 Å². The van der Waals surface area contributed by atoms with Gasteiger partial charge in [-0.25, -0.2) is 13.4 Å². The van der Waals surface area contributed by atoms with E-state index in [4.69, 9.17) is 4.74 Å². The van der Waals surface area contributed by atoms with Gasteiger partial charge in [-0.05, 0) is 31.2 Å². The predicted molar refractivity (Wildman–Crippen MR) is 112 cm³/mol. The molecule has 158 valence electrons. The Bertz CT molecular complexity index is 907. The number of esters is 1. The van der Waals surface area contributed by atoms with Crippen LogP contribution in [0.25, 0.3) is 0 Å². The minimum absolute atomic E-state index is 0.0286. The molecule has 1 aliphatic rings. The van der Waals surface area contributed by atoms with Gasteiger partial charge in [0.25, 0.3) is 15.9 Å². The number of hydrogen-bond acceptors (Lipinski definition) is 8. The molecule has 0 aromatic carbocycles. The van der Waals surface area contributed by atoms with Gasteiger partial charge in [0.1, 0.15) is 10.8 Å². The highest BCUT2D eigenvalue weighted by atomic mass is 32.2. The summed E-state index contributed by atoms with van der Waals surface area (Å²) in [4.78, 5) is 31.1. The molecule has 2 aromatic heterocycles. The lowest BCUT2D eigenvalue weighted by molar-refractivity contribution is -0.152. The van der Waals surface area contributed by atoms with E-state index in [0.29, 0.717) is 5.13 Å². The number of hydrogen-bond donors (Lipinski definition) is 1. The Labute approximate surface area is 178 Å². The monoisotopic (exact) mass is 457 g/mol. The van der Waals surface area contributed by atoms with Crippen molar-refractivity contribution in [1.82, 2.24) is 9.71 Å². The van der Waals surface area contributed by atoms with Gasteiger partial charge >= 0.3 is 5.97 Å². The average Bonchev–Trinajstić information content (AvgIpc) is 3.42. The maximum atomic E-state index is 13.0.